The smallest absolute Gasteiger partial charge is 0.407 e. The van der Waals surface area contributed by atoms with E-state index in [9.17, 15) is 4.79 Å². The topological polar surface area (TPSA) is 47.6 Å². The molecule has 4 nitrogen and oxygen atoms in total. The van der Waals surface area contributed by atoms with Crippen LogP contribution < -0.4 is 5.32 Å². The minimum Gasteiger partial charge on any atom is -0.446 e. The molecule has 0 spiro atoms. The van der Waals surface area contributed by atoms with Crippen LogP contribution in [0.2, 0.25) is 0 Å². The third kappa shape index (κ3) is 4.84. The SMILES string of the molecule is CC(C)[C@H](NC(=O)OC1CCOCC1)C(C)(C)C. The summed E-state index contributed by atoms with van der Waals surface area (Å²) >= 11 is 0. The van der Waals surface area contributed by atoms with Gasteiger partial charge < -0.3 is 14.8 Å². The maximum atomic E-state index is 11.9. The molecule has 0 aromatic heterocycles. The zero-order valence-corrected chi connectivity index (χ0v) is 12.3. The molecule has 106 valence electrons. The van der Waals surface area contributed by atoms with Crippen LogP contribution in [0, 0.1) is 11.3 Å². The average molecular weight is 257 g/mol. The molecule has 0 radical (unpaired) electrons. The van der Waals surface area contributed by atoms with Crippen molar-refractivity contribution >= 4 is 6.09 Å². The fourth-order valence-corrected chi connectivity index (χ4v) is 2.49. The zero-order chi connectivity index (χ0) is 13.8. The van der Waals surface area contributed by atoms with E-state index in [0.29, 0.717) is 19.1 Å². The molecule has 1 rings (SSSR count). The van der Waals surface area contributed by atoms with Crippen molar-refractivity contribution < 1.29 is 14.3 Å². The van der Waals surface area contributed by atoms with Crippen LogP contribution in [0.1, 0.15) is 47.5 Å². The standard InChI is InChI=1S/C14H27NO3/c1-10(2)12(14(3,4)5)15-13(16)18-11-6-8-17-9-7-11/h10-12H,6-9H2,1-5H3,(H,15,16)/t12-/m0/s1. The summed E-state index contributed by atoms with van der Waals surface area (Å²) in [6.07, 6.45) is 1.31. The molecule has 1 aliphatic rings. The molecule has 0 bridgehead atoms. The van der Waals surface area contributed by atoms with Crippen LogP contribution in [0.15, 0.2) is 0 Å². The van der Waals surface area contributed by atoms with Crippen molar-refractivity contribution in [1.82, 2.24) is 5.32 Å². The van der Waals surface area contributed by atoms with Gasteiger partial charge in [-0.05, 0) is 11.3 Å². The Morgan fingerprint density at radius 1 is 1.28 bits per heavy atom. The van der Waals surface area contributed by atoms with Gasteiger partial charge in [0.25, 0.3) is 0 Å². The van der Waals surface area contributed by atoms with Crippen LogP contribution in [0.3, 0.4) is 0 Å². The molecule has 0 aliphatic carbocycles. The molecule has 1 saturated heterocycles. The van der Waals surface area contributed by atoms with E-state index in [1.165, 1.54) is 0 Å². The molecule has 1 atom stereocenters. The van der Waals surface area contributed by atoms with E-state index >= 15 is 0 Å². The summed E-state index contributed by atoms with van der Waals surface area (Å²) in [5, 5.41) is 3.00. The Kier molecular flexibility index (Phi) is 5.45. The number of carbonyl (C=O) groups excluding carboxylic acids is 1. The molecule has 18 heavy (non-hydrogen) atoms. The van der Waals surface area contributed by atoms with Gasteiger partial charge in [-0.2, -0.15) is 0 Å². The summed E-state index contributed by atoms with van der Waals surface area (Å²) in [5.41, 5.74) is 0.0306. The Bertz CT molecular complexity index is 265. The lowest BCUT2D eigenvalue weighted by molar-refractivity contribution is -0.00137. The lowest BCUT2D eigenvalue weighted by Gasteiger charge is -2.35. The van der Waals surface area contributed by atoms with Gasteiger partial charge in [-0.3, -0.25) is 0 Å². The predicted octanol–water partition coefficient (Wildman–Crippen LogP) is 2.96. The molecule has 0 unspecified atom stereocenters. The Balaban J connectivity index is 2.46. The molecular weight excluding hydrogens is 230 g/mol. The van der Waals surface area contributed by atoms with Crippen LogP contribution in [0.5, 0.6) is 0 Å². The first-order valence-electron chi connectivity index (χ1n) is 6.85. The molecule has 4 heteroatoms. The number of carbonyl (C=O) groups is 1. The van der Waals surface area contributed by atoms with Crippen molar-refractivity contribution in [3.63, 3.8) is 0 Å². The summed E-state index contributed by atoms with van der Waals surface area (Å²) in [5.74, 6) is 0.382. The van der Waals surface area contributed by atoms with Crippen molar-refractivity contribution in [3.05, 3.63) is 0 Å². The highest BCUT2D eigenvalue weighted by Gasteiger charge is 2.30. The summed E-state index contributed by atoms with van der Waals surface area (Å²) < 4.78 is 10.7. The first-order valence-corrected chi connectivity index (χ1v) is 6.85. The van der Waals surface area contributed by atoms with E-state index in [-0.39, 0.29) is 23.7 Å². The summed E-state index contributed by atoms with van der Waals surface area (Å²) in [7, 11) is 0. The highest BCUT2D eigenvalue weighted by atomic mass is 16.6. The summed E-state index contributed by atoms with van der Waals surface area (Å²) in [6, 6.07) is 0.116. The van der Waals surface area contributed by atoms with Crippen LogP contribution in [0.4, 0.5) is 4.79 Å². The lowest BCUT2D eigenvalue weighted by Crippen LogP contribution is -2.48. The van der Waals surface area contributed by atoms with Crippen LogP contribution in [-0.4, -0.2) is 31.5 Å². The highest BCUT2D eigenvalue weighted by Crippen LogP contribution is 2.25. The number of rotatable bonds is 3. The quantitative estimate of drug-likeness (QED) is 0.845. The minimum absolute atomic E-state index is 0.00605. The van der Waals surface area contributed by atoms with Gasteiger partial charge in [0, 0.05) is 18.9 Å². The Morgan fingerprint density at radius 3 is 2.28 bits per heavy atom. The zero-order valence-electron chi connectivity index (χ0n) is 12.3. The number of amides is 1. The molecule has 1 heterocycles. The second kappa shape index (κ2) is 6.41. The summed E-state index contributed by atoms with van der Waals surface area (Å²) in [4.78, 5) is 11.9. The first kappa shape index (κ1) is 15.3. The third-order valence-electron chi connectivity index (χ3n) is 3.32. The van der Waals surface area contributed by atoms with E-state index in [1.807, 2.05) is 0 Å². The molecule has 0 aromatic rings. The number of hydrogen-bond donors (Lipinski definition) is 1. The maximum absolute atomic E-state index is 11.9. The Morgan fingerprint density at radius 2 is 1.83 bits per heavy atom. The molecule has 1 N–H and O–H groups in total. The van der Waals surface area contributed by atoms with Crippen molar-refractivity contribution in [3.8, 4) is 0 Å². The Hall–Kier alpha value is -0.770. The number of nitrogens with one attached hydrogen (secondary N) is 1. The van der Waals surface area contributed by atoms with Crippen LogP contribution >= 0.6 is 0 Å². The normalized spacial score (nSPS) is 19.7. The number of hydrogen-bond acceptors (Lipinski definition) is 3. The fourth-order valence-electron chi connectivity index (χ4n) is 2.49. The van der Waals surface area contributed by atoms with Gasteiger partial charge in [0.1, 0.15) is 6.10 Å². The summed E-state index contributed by atoms with van der Waals surface area (Å²) in [6.45, 7) is 12.0. The van der Waals surface area contributed by atoms with Gasteiger partial charge in [-0.15, -0.1) is 0 Å². The van der Waals surface area contributed by atoms with Gasteiger partial charge in [0.05, 0.1) is 13.2 Å². The number of alkyl carbamates (subject to hydrolysis) is 1. The molecule has 0 aromatic carbocycles. The minimum atomic E-state index is -0.296. The first-order chi connectivity index (χ1) is 8.30. The molecule has 0 saturated carbocycles. The highest BCUT2D eigenvalue weighted by molar-refractivity contribution is 5.68. The Labute approximate surface area is 110 Å². The monoisotopic (exact) mass is 257 g/mol. The van der Waals surface area contributed by atoms with Crippen molar-refractivity contribution in [1.29, 1.82) is 0 Å². The molecule has 1 amide bonds. The van der Waals surface area contributed by atoms with E-state index in [2.05, 4.69) is 39.9 Å². The van der Waals surface area contributed by atoms with E-state index in [1.54, 1.807) is 0 Å². The van der Waals surface area contributed by atoms with Gasteiger partial charge in [0.15, 0.2) is 0 Å². The number of ether oxygens (including phenoxy) is 2. The second-order valence-corrected chi connectivity index (χ2v) is 6.45. The van der Waals surface area contributed by atoms with Crippen LogP contribution in [0.25, 0.3) is 0 Å². The van der Waals surface area contributed by atoms with Gasteiger partial charge >= 0.3 is 6.09 Å². The molecular formula is C14H27NO3. The van der Waals surface area contributed by atoms with Crippen molar-refractivity contribution in [2.45, 2.75) is 59.6 Å². The molecule has 1 aliphatic heterocycles. The fraction of sp³-hybridized carbons (Fsp3) is 0.929. The third-order valence-corrected chi connectivity index (χ3v) is 3.32. The second-order valence-electron chi connectivity index (χ2n) is 6.45. The van der Waals surface area contributed by atoms with Crippen LogP contribution in [-0.2, 0) is 9.47 Å². The van der Waals surface area contributed by atoms with E-state index in [4.69, 9.17) is 9.47 Å². The van der Waals surface area contributed by atoms with Gasteiger partial charge in [-0.1, -0.05) is 34.6 Å². The van der Waals surface area contributed by atoms with E-state index < -0.39 is 0 Å². The largest absolute Gasteiger partial charge is 0.446 e. The van der Waals surface area contributed by atoms with E-state index in [0.717, 1.165) is 12.8 Å². The maximum Gasteiger partial charge on any atom is 0.407 e. The van der Waals surface area contributed by atoms with Gasteiger partial charge in [-0.25, -0.2) is 4.79 Å². The van der Waals surface area contributed by atoms with Crippen molar-refractivity contribution in [2.75, 3.05) is 13.2 Å². The average Bonchev–Trinajstić information content (AvgIpc) is 2.25. The van der Waals surface area contributed by atoms with Gasteiger partial charge in [0.2, 0.25) is 0 Å². The molecule has 1 fully saturated rings. The lowest BCUT2D eigenvalue weighted by atomic mass is 9.80. The van der Waals surface area contributed by atoms with Crippen molar-refractivity contribution in [2.24, 2.45) is 11.3 Å². The predicted molar refractivity (Wildman–Crippen MR) is 71.5 cm³/mol.